The van der Waals surface area contributed by atoms with Crippen molar-refractivity contribution >= 4 is 33.2 Å². The summed E-state index contributed by atoms with van der Waals surface area (Å²) in [7, 11) is -3.90. The van der Waals surface area contributed by atoms with Gasteiger partial charge in [-0.2, -0.15) is 0 Å². The number of hydrogen-bond acceptors (Lipinski definition) is 4. The predicted molar refractivity (Wildman–Crippen MR) is 116 cm³/mol. The summed E-state index contributed by atoms with van der Waals surface area (Å²) in [4.78, 5) is 23.3. The summed E-state index contributed by atoms with van der Waals surface area (Å²) >= 11 is 0. The molecule has 0 aliphatic rings. The van der Waals surface area contributed by atoms with E-state index >= 15 is 0 Å². The number of nitrogens with two attached hydrogens (primary N) is 1. The van der Waals surface area contributed by atoms with Gasteiger partial charge in [-0.1, -0.05) is 12.1 Å². The van der Waals surface area contributed by atoms with E-state index in [1.807, 2.05) is 0 Å². The van der Waals surface area contributed by atoms with E-state index < -0.39 is 21.7 Å². The van der Waals surface area contributed by atoms with Gasteiger partial charge >= 0.3 is 0 Å². The molecule has 0 atom stereocenters. The first-order chi connectivity index (χ1) is 14.6. The van der Waals surface area contributed by atoms with Crippen molar-refractivity contribution in [1.82, 2.24) is 0 Å². The average molecular weight is 441 g/mol. The van der Waals surface area contributed by atoms with Crippen LogP contribution >= 0.6 is 0 Å². The Morgan fingerprint density at radius 2 is 1.55 bits per heavy atom. The van der Waals surface area contributed by atoms with Crippen molar-refractivity contribution in [3.05, 3.63) is 89.2 Å². The largest absolute Gasteiger partial charge is 0.369 e. The molecule has 3 rings (SSSR count). The fraction of sp³-hybridized carbons (Fsp3) is 0.0909. The maximum atomic E-state index is 13.4. The van der Waals surface area contributed by atoms with Gasteiger partial charge in [0, 0.05) is 16.9 Å². The Morgan fingerprint density at radius 3 is 2.13 bits per heavy atom. The molecule has 4 N–H and O–H groups in total. The molecule has 0 fully saturated rings. The van der Waals surface area contributed by atoms with Gasteiger partial charge in [-0.25, -0.2) is 12.8 Å². The van der Waals surface area contributed by atoms with Crippen LogP contribution in [0.3, 0.4) is 0 Å². The summed E-state index contributed by atoms with van der Waals surface area (Å²) in [6.07, 6.45) is 0.114. The van der Waals surface area contributed by atoms with Crippen molar-refractivity contribution in [1.29, 1.82) is 0 Å². The highest BCUT2D eigenvalue weighted by Crippen LogP contribution is 2.19. The van der Waals surface area contributed by atoms with Crippen molar-refractivity contribution in [3.8, 4) is 0 Å². The molecule has 9 heteroatoms. The van der Waals surface area contributed by atoms with E-state index in [4.69, 9.17) is 5.73 Å². The van der Waals surface area contributed by atoms with Crippen LogP contribution in [0.4, 0.5) is 15.8 Å². The van der Waals surface area contributed by atoms with E-state index in [1.165, 1.54) is 43.3 Å². The van der Waals surface area contributed by atoms with Gasteiger partial charge < -0.3 is 11.1 Å². The number of amides is 2. The van der Waals surface area contributed by atoms with Crippen LogP contribution in [0.2, 0.25) is 0 Å². The molecule has 0 saturated carbocycles. The zero-order valence-electron chi connectivity index (χ0n) is 16.6. The van der Waals surface area contributed by atoms with Crippen molar-refractivity contribution in [2.45, 2.75) is 18.2 Å². The molecule has 0 spiro atoms. The number of primary amides is 1. The Kier molecular flexibility index (Phi) is 6.36. The number of aryl methyl sites for hydroxylation is 1. The second-order valence-corrected chi connectivity index (χ2v) is 8.57. The normalized spacial score (nSPS) is 11.0. The molecule has 0 radical (unpaired) electrons. The summed E-state index contributed by atoms with van der Waals surface area (Å²) in [6, 6.07) is 16.1. The quantitative estimate of drug-likeness (QED) is 0.522. The third-order valence-corrected chi connectivity index (χ3v) is 5.81. The summed E-state index contributed by atoms with van der Waals surface area (Å²) in [5, 5.41) is 2.71. The Balaban J connectivity index is 1.67. The van der Waals surface area contributed by atoms with E-state index in [9.17, 15) is 22.4 Å². The minimum atomic E-state index is -3.90. The lowest BCUT2D eigenvalue weighted by molar-refractivity contribution is -0.117. The molecule has 0 aromatic heterocycles. The average Bonchev–Trinajstić information content (AvgIpc) is 2.71. The molecule has 3 aromatic rings. The van der Waals surface area contributed by atoms with Gasteiger partial charge in [-0.3, -0.25) is 14.3 Å². The van der Waals surface area contributed by atoms with Crippen LogP contribution in [0.15, 0.2) is 71.6 Å². The Morgan fingerprint density at radius 1 is 0.935 bits per heavy atom. The first-order valence-corrected chi connectivity index (χ1v) is 10.7. The van der Waals surface area contributed by atoms with Crippen molar-refractivity contribution in [2.24, 2.45) is 5.73 Å². The first-order valence-electron chi connectivity index (χ1n) is 9.22. The highest BCUT2D eigenvalue weighted by molar-refractivity contribution is 7.92. The minimum Gasteiger partial charge on any atom is -0.369 e. The molecule has 0 saturated heterocycles. The van der Waals surface area contributed by atoms with Crippen LogP contribution in [-0.4, -0.2) is 20.2 Å². The maximum Gasteiger partial charge on any atom is 0.261 e. The van der Waals surface area contributed by atoms with Gasteiger partial charge in [0.05, 0.1) is 11.3 Å². The second-order valence-electron chi connectivity index (χ2n) is 6.89. The van der Waals surface area contributed by atoms with Crippen molar-refractivity contribution in [3.63, 3.8) is 0 Å². The monoisotopic (exact) mass is 441 g/mol. The number of benzene rings is 3. The molecule has 0 aliphatic carbocycles. The zero-order chi connectivity index (χ0) is 22.6. The lowest BCUT2D eigenvalue weighted by Gasteiger charge is -2.10. The summed E-state index contributed by atoms with van der Waals surface area (Å²) in [6.45, 7) is 1.48. The molecule has 0 bridgehead atoms. The second kappa shape index (κ2) is 8.97. The SMILES string of the molecule is Cc1cc(S(=O)(=O)Nc2ccc(C(=O)Nc3ccc(CC(N)=O)cc3)cc2)ccc1F. The van der Waals surface area contributed by atoms with Crippen molar-refractivity contribution < 1.29 is 22.4 Å². The molecule has 31 heavy (non-hydrogen) atoms. The number of nitrogens with one attached hydrogen (secondary N) is 2. The van der Waals surface area contributed by atoms with Gasteiger partial charge in [-0.15, -0.1) is 0 Å². The highest BCUT2D eigenvalue weighted by atomic mass is 32.2. The van der Waals surface area contributed by atoms with Crippen LogP contribution in [0, 0.1) is 12.7 Å². The molecule has 2 amide bonds. The molecular weight excluding hydrogens is 421 g/mol. The van der Waals surface area contributed by atoms with E-state index in [0.29, 0.717) is 11.3 Å². The number of hydrogen-bond donors (Lipinski definition) is 3. The smallest absolute Gasteiger partial charge is 0.261 e. The molecule has 0 aliphatic heterocycles. The van der Waals surface area contributed by atoms with Crippen molar-refractivity contribution in [2.75, 3.05) is 10.0 Å². The number of carbonyl (C=O) groups excluding carboxylic acids is 2. The number of anilines is 2. The third-order valence-electron chi connectivity index (χ3n) is 4.43. The topological polar surface area (TPSA) is 118 Å². The highest BCUT2D eigenvalue weighted by Gasteiger charge is 2.16. The first kappa shape index (κ1) is 22.0. The standard InChI is InChI=1S/C22H20FN3O4S/c1-14-12-19(10-11-20(14)23)31(29,30)26-18-8-4-16(5-9-18)22(28)25-17-6-2-15(3-7-17)13-21(24)27/h2-12,26H,13H2,1H3,(H2,24,27)(H,25,28). The summed E-state index contributed by atoms with van der Waals surface area (Å²) in [5.41, 5.74) is 7.22. The van der Waals surface area contributed by atoms with E-state index in [2.05, 4.69) is 10.0 Å². The third kappa shape index (κ3) is 5.67. The number of rotatable bonds is 7. The van der Waals surface area contributed by atoms with Crippen LogP contribution in [0.25, 0.3) is 0 Å². The van der Waals surface area contributed by atoms with E-state index in [-0.39, 0.29) is 28.5 Å². The van der Waals surface area contributed by atoms with Gasteiger partial charge in [-0.05, 0) is 72.6 Å². The molecule has 7 nitrogen and oxygen atoms in total. The van der Waals surface area contributed by atoms with Gasteiger partial charge in [0.15, 0.2) is 0 Å². The fourth-order valence-electron chi connectivity index (χ4n) is 2.80. The zero-order valence-corrected chi connectivity index (χ0v) is 17.4. The van der Waals surface area contributed by atoms with Gasteiger partial charge in [0.2, 0.25) is 5.91 Å². The van der Waals surface area contributed by atoms with Crippen LogP contribution in [0.1, 0.15) is 21.5 Å². The Hall–Kier alpha value is -3.72. The molecule has 0 heterocycles. The Labute approximate surface area is 179 Å². The van der Waals surface area contributed by atoms with Gasteiger partial charge in [0.1, 0.15) is 5.82 Å². The maximum absolute atomic E-state index is 13.4. The predicted octanol–water partition coefficient (Wildman–Crippen LogP) is 3.22. The van der Waals surface area contributed by atoms with Crippen LogP contribution < -0.4 is 15.8 Å². The fourth-order valence-corrected chi connectivity index (χ4v) is 3.94. The lowest BCUT2D eigenvalue weighted by atomic mass is 10.1. The number of carbonyl (C=O) groups is 2. The number of sulfonamides is 1. The Bertz CT molecular complexity index is 1220. The molecule has 0 unspecified atom stereocenters. The molecule has 160 valence electrons. The van der Waals surface area contributed by atoms with E-state index in [0.717, 1.165) is 11.6 Å². The summed E-state index contributed by atoms with van der Waals surface area (Å²) in [5.74, 6) is -1.31. The van der Waals surface area contributed by atoms with Crippen LogP contribution in [0.5, 0.6) is 0 Å². The van der Waals surface area contributed by atoms with E-state index in [1.54, 1.807) is 24.3 Å². The molecule has 3 aromatic carbocycles. The summed E-state index contributed by atoms with van der Waals surface area (Å²) < 4.78 is 40.7. The van der Waals surface area contributed by atoms with Gasteiger partial charge in [0.25, 0.3) is 15.9 Å². The van der Waals surface area contributed by atoms with Crippen LogP contribution in [-0.2, 0) is 21.2 Å². The lowest BCUT2D eigenvalue weighted by Crippen LogP contribution is -2.15. The minimum absolute atomic E-state index is 0.0620. The number of halogens is 1. The molecular formula is C22H20FN3O4S.